The van der Waals surface area contributed by atoms with Crippen LogP contribution in [0.5, 0.6) is 0 Å². The van der Waals surface area contributed by atoms with Gasteiger partial charge >= 0.3 is 6.18 Å². The van der Waals surface area contributed by atoms with E-state index in [-0.39, 0.29) is 0 Å². The van der Waals surface area contributed by atoms with Gasteiger partial charge in [0.25, 0.3) is 0 Å². The van der Waals surface area contributed by atoms with Gasteiger partial charge in [0.1, 0.15) is 0 Å². The van der Waals surface area contributed by atoms with Crippen molar-refractivity contribution in [3.63, 3.8) is 0 Å². The molecule has 13 heavy (non-hydrogen) atoms. The number of hydrogen-bond donors (Lipinski definition) is 2. The minimum Gasteiger partial charge on any atom is -0.388 e. The third-order valence-electron chi connectivity index (χ3n) is 1.28. The molecule has 2 nitrogen and oxygen atoms in total. The molecule has 0 amide bonds. The molecular formula is C8H13F3N2. The summed E-state index contributed by atoms with van der Waals surface area (Å²) in [7, 11) is 1.56. The van der Waals surface area contributed by atoms with E-state index in [1.807, 2.05) is 0 Å². The van der Waals surface area contributed by atoms with Gasteiger partial charge in [-0.1, -0.05) is 12.2 Å². The Labute approximate surface area is 75.3 Å². The number of hydrogen-bond acceptors (Lipinski definition) is 2. The molecule has 3 N–H and O–H groups in total. The molecule has 0 spiro atoms. The van der Waals surface area contributed by atoms with Crippen LogP contribution >= 0.6 is 0 Å². The number of halogens is 3. The first kappa shape index (κ1) is 12.0. The molecule has 0 bridgehead atoms. The molecule has 5 heteroatoms. The van der Waals surface area contributed by atoms with Gasteiger partial charge in [0.2, 0.25) is 0 Å². The van der Waals surface area contributed by atoms with E-state index in [4.69, 9.17) is 5.73 Å². The lowest BCUT2D eigenvalue weighted by Crippen LogP contribution is -2.09. The van der Waals surface area contributed by atoms with Crippen LogP contribution in [0, 0.1) is 0 Å². The van der Waals surface area contributed by atoms with E-state index in [0.29, 0.717) is 12.2 Å². The molecule has 0 atom stereocenters. The molecule has 0 aliphatic carbocycles. The maximum absolute atomic E-state index is 11.8. The Morgan fingerprint density at radius 1 is 1.46 bits per heavy atom. The highest BCUT2D eigenvalue weighted by Crippen LogP contribution is 2.20. The van der Waals surface area contributed by atoms with Crippen molar-refractivity contribution >= 4 is 0 Å². The van der Waals surface area contributed by atoms with Gasteiger partial charge in [0, 0.05) is 19.3 Å². The lowest BCUT2D eigenvalue weighted by molar-refractivity contribution is -0.125. The van der Waals surface area contributed by atoms with Crippen LogP contribution in [-0.4, -0.2) is 19.8 Å². The molecule has 0 aromatic heterocycles. The van der Waals surface area contributed by atoms with E-state index in [1.165, 1.54) is 6.08 Å². The quantitative estimate of drug-likeness (QED) is 0.666. The van der Waals surface area contributed by atoms with Crippen LogP contribution in [-0.2, 0) is 0 Å². The van der Waals surface area contributed by atoms with E-state index >= 15 is 0 Å². The zero-order valence-corrected chi connectivity index (χ0v) is 7.36. The number of nitrogens with two attached hydrogens (primary N) is 1. The van der Waals surface area contributed by atoms with Gasteiger partial charge in [-0.3, -0.25) is 0 Å². The molecule has 0 fully saturated rings. The molecule has 0 saturated carbocycles. The van der Waals surface area contributed by atoms with Gasteiger partial charge in [-0.05, 0) is 6.08 Å². The smallest absolute Gasteiger partial charge is 0.388 e. The summed E-state index contributed by atoms with van der Waals surface area (Å²) < 4.78 is 35.3. The first-order chi connectivity index (χ1) is 5.99. The summed E-state index contributed by atoms with van der Waals surface area (Å²) in [5.41, 5.74) is 5.57. The first-order valence-electron chi connectivity index (χ1n) is 3.81. The zero-order valence-electron chi connectivity index (χ0n) is 7.36. The highest BCUT2D eigenvalue weighted by atomic mass is 19.4. The molecule has 0 aliphatic heterocycles. The predicted octanol–water partition coefficient (Wildman–Crippen LogP) is 1.56. The molecule has 76 valence electrons. The molecule has 0 unspecified atom stereocenters. The SMILES string of the molecule is CNC(/C=C\CN)=C/CC(F)(F)F. The Morgan fingerprint density at radius 2 is 2.08 bits per heavy atom. The molecule has 0 saturated heterocycles. The van der Waals surface area contributed by atoms with Gasteiger partial charge in [-0.25, -0.2) is 0 Å². The molecule has 0 aliphatic rings. The number of nitrogens with one attached hydrogen (secondary N) is 1. The maximum atomic E-state index is 11.8. The average molecular weight is 194 g/mol. The van der Waals surface area contributed by atoms with Crippen LogP contribution in [0.3, 0.4) is 0 Å². The largest absolute Gasteiger partial charge is 0.392 e. The van der Waals surface area contributed by atoms with Gasteiger partial charge in [0.05, 0.1) is 6.42 Å². The van der Waals surface area contributed by atoms with Crippen molar-refractivity contribution in [2.24, 2.45) is 5.73 Å². The fourth-order valence-corrected chi connectivity index (χ4v) is 0.674. The van der Waals surface area contributed by atoms with E-state index in [2.05, 4.69) is 5.32 Å². The van der Waals surface area contributed by atoms with Crippen molar-refractivity contribution in [1.29, 1.82) is 0 Å². The minimum atomic E-state index is -4.15. The first-order valence-corrected chi connectivity index (χ1v) is 3.81. The second kappa shape index (κ2) is 5.64. The van der Waals surface area contributed by atoms with Crippen LogP contribution in [0.1, 0.15) is 6.42 Å². The van der Waals surface area contributed by atoms with Gasteiger partial charge in [-0.15, -0.1) is 0 Å². The van der Waals surface area contributed by atoms with Gasteiger partial charge in [0.15, 0.2) is 0 Å². The summed E-state index contributed by atoms with van der Waals surface area (Å²) in [5.74, 6) is 0. The molecule has 0 heterocycles. The second-order valence-electron chi connectivity index (χ2n) is 2.37. The van der Waals surface area contributed by atoms with E-state index < -0.39 is 12.6 Å². The fraction of sp³-hybridized carbons (Fsp3) is 0.500. The van der Waals surface area contributed by atoms with Crippen molar-refractivity contribution in [2.45, 2.75) is 12.6 Å². The number of likely N-dealkylation sites (N-methyl/N-ethyl adjacent to an activating group) is 1. The normalized spacial score (nSPS) is 13.8. The molecule has 0 aromatic rings. The second-order valence-corrected chi connectivity index (χ2v) is 2.37. The van der Waals surface area contributed by atoms with Crippen LogP contribution in [0.25, 0.3) is 0 Å². The Hall–Kier alpha value is -0.970. The highest BCUT2D eigenvalue weighted by Gasteiger charge is 2.25. The fourth-order valence-electron chi connectivity index (χ4n) is 0.674. The molecule has 0 rings (SSSR count). The standard InChI is InChI=1S/C8H13F3N2/c1-13-7(3-2-6-12)4-5-8(9,10)11/h2-4,13H,5-6,12H2,1H3/b3-2-,7-4+. The average Bonchev–Trinajstić information content (AvgIpc) is 2.03. The lowest BCUT2D eigenvalue weighted by atomic mass is 10.3. The molecule has 0 radical (unpaired) electrons. The predicted molar refractivity (Wildman–Crippen MR) is 46.0 cm³/mol. The Kier molecular flexibility index (Phi) is 5.22. The van der Waals surface area contributed by atoms with Crippen LogP contribution in [0.4, 0.5) is 13.2 Å². The topological polar surface area (TPSA) is 38.0 Å². The van der Waals surface area contributed by atoms with Crippen molar-refractivity contribution in [2.75, 3.05) is 13.6 Å². The monoisotopic (exact) mass is 194 g/mol. The summed E-state index contributed by atoms with van der Waals surface area (Å²) in [6.07, 6.45) is -0.909. The summed E-state index contributed by atoms with van der Waals surface area (Å²) in [6, 6.07) is 0. The van der Waals surface area contributed by atoms with Crippen molar-refractivity contribution in [3.05, 3.63) is 23.9 Å². The lowest BCUT2D eigenvalue weighted by Gasteiger charge is -2.04. The van der Waals surface area contributed by atoms with E-state index in [1.54, 1.807) is 13.1 Å². The van der Waals surface area contributed by atoms with Crippen molar-refractivity contribution < 1.29 is 13.2 Å². The Bertz CT molecular complexity index is 194. The Balaban J connectivity index is 4.15. The van der Waals surface area contributed by atoms with Gasteiger partial charge in [-0.2, -0.15) is 13.2 Å². The molecular weight excluding hydrogens is 181 g/mol. The Morgan fingerprint density at radius 3 is 2.46 bits per heavy atom. The van der Waals surface area contributed by atoms with E-state index in [0.717, 1.165) is 6.08 Å². The van der Waals surface area contributed by atoms with Crippen LogP contribution < -0.4 is 11.1 Å². The number of alkyl halides is 3. The van der Waals surface area contributed by atoms with E-state index in [9.17, 15) is 13.2 Å². The van der Waals surface area contributed by atoms with Crippen LogP contribution in [0.15, 0.2) is 23.9 Å². The minimum absolute atomic E-state index is 0.311. The van der Waals surface area contributed by atoms with Crippen molar-refractivity contribution in [1.82, 2.24) is 5.32 Å². The third kappa shape index (κ3) is 7.39. The summed E-state index contributed by atoms with van der Waals surface area (Å²) >= 11 is 0. The summed E-state index contributed by atoms with van der Waals surface area (Å²) in [6.45, 7) is 0.311. The zero-order chi connectivity index (χ0) is 10.3. The summed E-state index contributed by atoms with van der Waals surface area (Å²) in [5, 5.41) is 2.63. The number of rotatable bonds is 4. The van der Waals surface area contributed by atoms with Crippen molar-refractivity contribution in [3.8, 4) is 0 Å². The van der Waals surface area contributed by atoms with Crippen LogP contribution in [0.2, 0.25) is 0 Å². The molecule has 0 aromatic carbocycles. The third-order valence-corrected chi connectivity index (χ3v) is 1.28. The maximum Gasteiger partial charge on any atom is 0.392 e. The number of allylic oxidation sites excluding steroid dienone is 2. The highest BCUT2D eigenvalue weighted by molar-refractivity contribution is 5.16. The van der Waals surface area contributed by atoms with Gasteiger partial charge < -0.3 is 11.1 Å². The summed E-state index contributed by atoms with van der Waals surface area (Å²) in [4.78, 5) is 0.